The summed E-state index contributed by atoms with van der Waals surface area (Å²) in [6.45, 7) is 4.02. The average Bonchev–Trinajstić information content (AvgIpc) is 3.05. The molecule has 1 aromatic heterocycles. The molecule has 0 bridgehead atoms. The molecule has 0 saturated heterocycles. The molecule has 0 N–H and O–H groups in total. The molecule has 0 unspecified atom stereocenters. The van der Waals surface area contributed by atoms with Crippen LogP contribution in [0.2, 0.25) is 0 Å². The molecule has 29 heavy (non-hydrogen) atoms. The van der Waals surface area contributed by atoms with Crippen molar-refractivity contribution in [3.63, 3.8) is 0 Å². The largest absolute Gasteiger partial charge is 0.496 e. The lowest BCUT2D eigenvalue weighted by Crippen LogP contribution is -2.23. The van der Waals surface area contributed by atoms with E-state index >= 15 is 0 Å². The van der Waals surface area contributed by atoms with Gasteiger partial charge in [-0.05, 0) is 65.7 Å². The number of hydrogen-bond acceptors (Lipinski definition) is 7. The van der Waals surface area contributed by atoms with Crippen LogP contribution in [-0.4, -0.2) is 39.7 Å². The minimum Gasteiger partial charge on any atom is -0.496 e. The van der Waals surface area contributed by atoms with Gasteiger partial charge in [0.1, 0.15) is 25.2 Å². The van der Waals surface area contributed by atoms with Gasteiger partial charge in [-0.25, -0.2) is 4.79 Å². The summed E-state index contributed by atoms with van der Waals surface area (Å²) < 4.78 is 13.9. The molecular formula is C20H23N5O4. The van der Waals surface area contributed by atoms with E-state index in [0.29, 0.717) is 22.7 Å². The number of aromatic nitrogens is 4. The van der Waals surface area contributed by atoms with Crippen molar-refractivity contribution in [2.45, 2.75) is 20.5 Å². The Morgan fingerprint density at radius 2 is 1.93 bits per heavy atom. The molecular weight excluding hydrogens is 374 g/mol. The Bertz CT molecular complexity index is 1100. The molecule has 0 aliphatic carbocycles. The summed E-state index contributed by atoms with van der Waals surface area (Å²) in [7, 11) is 4.63. The van der Waals surface area contributed by atoms with Crippen molar-refractivity contribution in [3.8, 4) is 17.2 Å². The van der Waals surface area contributed by atoms with E-state index < -0.39 is 0 Å². The summed E-state index contributed by atoms with van der Waals surface area (Å²) in [6.07, 6.45) is 0. The van der Waals surface area contributed by atoms with E-state index in [1.165, 1.54) is 11.8 Å². The summed E-state index contributed by atoms with van der Waals surface area (Å²) in [6, 6.07) is 11.1. The van der Waals surface area contributed by atoms with Crippen LogP contribution in [0, 0.1) is 6.92 Å². The maximum absolute atomic E-state index is 12.3. The van der Waals surface area contributed by atoms with Gasteiger partial charge in [0.05, 0.1) is 24.1 Å². The van der Waals surface area contributed by atoms with Crippen molar-refractivity contribution in [3.05, 3.63) is 63.6 Å². The Kier molecular flexibility index (Phi) is 5.96. The number of oxime groups is 1. The van der Waals surface area contributed by atoms with E-state index in [0.717, 1.165) is 21.5 Å². The molecule has 0 aliphatic heterocycles. The van der Waals surface area contributed by atoms with Crippen LogP contribution in [0.25, 0.3) is 5.69 Å². The molecule has 0 atom stereocenters. The molecule has 3 aromatic rings. The van der Waals surface area contributed by atoms with Gasteiger partial charge in [-0.1, -0.05) is 11.2 Å². The van der Waals surface area contributed by atoms with E-state index in [1.807, 2.05) is 38.1 Å². The summed E-state index contributed by atoms with van der Waals surface area (Å²) in [5.41, 5.74) is 3.56. The Hall–Kier alpha value is -3.62. The standard InChI is InChI=1S/C20H23N5O4/c1-13-11-15(14(2)21-28-5)9-10-18(13)29-12-16-17(7-6-8-19(16)27-4)25-20(26)24(3)22-23-25/h6-11H,12H2,1-5H3. The molecule has 0 amide bonds. The first-order chi connectivity index (χ1) is 14.0. The van der Waals surface area contributed by atoms with Crippen molar-refractivity contribution in [1.29, 1.82) is 0 Å². The first kappa shape index (κ1) is 20.1. The summed E-state index contributed by atoms with van der Waals surface area (Å²) in [5.74, 6) is 1.31. The van der Waals surface area contributed by atoms with Gasteiger partial charge >= 0.3 is 5.69 Å². The fourth-order valence-electron chi connectivity index (χ4n) is 2.93. The number of benzene rings is 2. The highest BCUT2D eigenvalue weighted by molar-refractivity contribution is 5.98. The van der Waals surface area contributed by atoms with Crippen molar-refractivity contribution < 1.29 is 14.3 Å². The molecule has 0 fully saturated rings. The SMILES string of the molecule is CON=C(C)c1ccc(OCc2c(OC)cccc2-n2nnn(C)c2=O)c(C)c1. The predicted molar refractivity (Wildman–Crippen MR) is 108 cm³/mol. The molecule has 0 spiro atoms. The summed E-state index contributed by atoms with van der Waals surface area (Å²) >= 11 is 0. The van der Waals surface area contributed by atoms with Gasteiger partial charge < -0.3 is 14.3 Å². The normalized spacial score (nSPS) is 11.4. The first-order valence-corrected chi connectivity index (χ1v) is 8.93. The monoisotopic (exact) mass is 397 g/mol. The fourth-order valence-corrected chi connectivity index (χ4v) is 2.93. The van der Waals surface area contributed by atoms with Crippen LogP contribution < -0.4 is 15.2 Å². The van der Waals surface area contributed by atoms with Gasteiger partial charge in [0, 0.05) is 7.05 Å². The van der Waals surface area contributed by atoms with E-state index in [2.05, 4.69) is 15.6 Å². The second kappa shape index (κ2) is 8.59. The number of ether oxygens (including phenoxy) is 2. The van der Waals surface area contributed by atoms with Crippen LogP contribution in [-0.2, 0) is 18.5 Å². The Morgan fingerprint density at radius 3 is 2.55 bits per heavy atom. The zero-order valence-electron chi connectivity index (χ0n) is 17.0. The number of hydrogen-bond donors (Lipinski definition) is 0. The minimum atomic E-state index is -0.354. The highest BCUT2D eigenvalue weighted by Gasteiger charge is 2.16. The lowest BCUT2D eigenvalue weighted by molar-refractivity contribution is 0.213. The van der Waals surface area contributed by atoms with E-state index in [1.54, 1.807) is 26.3 Å². The molecule has 152 valence electrons. The number of methoxy groups -OCH3 is 1. The van der Waals surface area contributed by atoms with E-state index in [4.69, 9.17) is 14.3 Å². The van der Waals surface area contributed by atoms with Crippen LogP contribution in [0.5, 0.6) is 11.5 Å². The van der Waals surface area contributed by atoms with Crippen LogP contribution in [0.3, 0.4) is 0 Å². The van der Waals surface area contributed by atoms with Crippen LogP contribution >= 0.6 is 0 Å². The fraction of sp³-hybridized carbons (Fsp3) is 0.300. The van der Waals surface area contributed by atoms with Crippen molar-refractivity contribution in [2.75, 3.05) is 14.2 Å². The maximum atomic E-state index is 12.3. The maximum Gasteiger partial charge on any atom is 0.368 e. The van der Waals surface area contributed by atoms with Crippen LogP contribution in [0.15, 0.2) is 46.3 Å². The minimum absolute atomic E-state index is 0.188. The molecule has 0 saturated carbocycles. The second-order valence-electron chi connectivity index (χ2n) is 6.38. The molecule has 9 heteroatoms. The Labute approximate surface area is 168 Å². The number of tetrazole rings is 1. The Morgan fingerprint density at radius 1 is 1.14 bits per heavy atom. The highest BCUT2D eigenvalue weighted by Crippen LogP contribution is 2.27. The Balaban J connectivity index is 1.92. The topological polar surface area (TPSA) is 92.8 Å². The van der Waals surface area contributed by atoms with Gasteiger partial charge in [0.2, 0.25) is 0 Å². The van der Waals surface area contributed by atoms with Crippen molar-refractivity contribution in [1.82, 2.24) is 19.8 Å². The van der Waals surface area contributed by atoms with Gasteiger partial charge in [-0.3, -0.25) is 0 Å². The number of rotatable bonds is 7. The van der Waals surface area contributed by atoms with E-state index in [9.17, 15) is 4.79 Å². The lowest BCUT2D eigenvalue weighted by atomic mass is 10.1. The molecule has 9 nitrogen and oxygen atoms in total. The molecule has 0 radical (unpaired) electrons. The zero-order chi connectivity index (χ0) is 21.0. The van der Waals surface area contributed by atoms with Crippen molar-refractivity contribution in [2.24, 2.45) is 12.2 Å². The third-order valence-corrected chi connectivity index (χ3v) is 4.47. The molecule has 3 rings (SSSR count). The molecule has 1 heterocycles. The molecule has 2 aromatic carbocycles. The summed E-state index contributed by atoms with van der Waals surface area (Å²) in [5, 5.41) is 11.6. The second-order valence-corrected chi connectivity index (χ2v) is 6.38. The quantitative estimate of drug-likeness (QED) is 0.448. The first-order valence-electron chi connectivity index (χ1n) is 8.93. The molecule has 0 aliphatic rings. The van der Waals surface area contributed by atoms with Crippen molar-refractivity contribution >= 4 is 5.71 Å². The zero-order valence-corrected chi connectivity index (χ0v) is 17.0. The highest BCUT2D eigenvalue weighted by atomic mass is 16.6. The predicted octanol–water partition coefficient (Wildman–Crippen LogP) is 2.23. The van der Waals surface area contributed by atoms with Gasteiger partial charge in [-0.2, -0.15) is 9.36 Å². The van der Waals surface area contributed by atoms with Crippen LogP contribution in [0.4, 0.5) is 0 Å². The smallest absolute Gasteiger partial charge is 0.368 e. The number of nitrogens with zero attached hydrogens (tertiary/aromatic N) is 5. The van der Waals surface area contributed by atoms with E-state index in [-0.39, 0.29) is 12.3 Å². The summed E-state index contributed by atoms with van der Waals surface area (Å²) in [4.78, 5) is 17.1. The van der Waals surface area contributed by atoms with Gasteiger partial charge in [0.25, 0.3) is 0 Å². The van der Waals surface area contributed by atoms with Gasteiger partial charge in [-0.15, -0.1) is 0 Å². The third-order valence-electron chi connectivity index (χ3n) is 4.47. The van der Waals surface area contributed by atoms with Gasteiger partial charge in [0.15, 0.2) is 0 Å². The lowest BCUT2D eigenvalue weighted by Gasteiger charge is -2.15. The van der Waals surface area contributed by atoms with Crippen LogP contribution in [0.1, 0.15) is 23.6 Å². The third kappa shape index (κ3) is 4.13. The average molecular weight is 397 g/mol. The number of aryl methyl sites for hydroxylation is 2.